The number of benzene rings is 3. The Balaban J connectivity index is 1.75. The summed E-state index contributed by atoms with van der Waals surface area (Å²) >= 11 is 1.30. The van der Waals surface area contributed by atoms with Crippen LogP contribution in [0.5, 0.6) is 5.75 Å². The number of ether oxygens (including phenoxy) is 1. The lowest BCUT2D eigenvalue weighted by molar-refractivity contribution is 0.416. The van der Waals surface area contributed by atoms with Gasteiger partial charge in [0.1, 0.15) is 26.8 Å². The van der Waals surface area contributed by atoms with Gasteiger partial charge in [-0.25, -0.2) is 4.98 Å². The average molecular weight is 463 g/mol. The van der Waals surface area contributed by atoms with Crippen LogP contribution in [0, 0.1) is 0 Å². The van der Waals surface area contributed by atoms with Crippen molar-refractivity contribution in [1.29, 1.82) is 0 Å². The fourth-order valence-corrected chi connectivity index (χ4v) is 5.15. The Morgan fingerprint density at radius 3 is 2.24 bits per heavy atom. The van der Waals surface area contributed by atoms with E-state index in [9.17, 15) is 4.79 Å². The monoisotopic (exact) mass is 462 g/mol. The predicted octanol–water partition coefficient (Wildman–Crippen LogP) is 5.94. The molecule has 34 heavy (non-hydrogen) atoms. The van der Waals surface area contributed by atoms with Crippen molar-refractivity contribution in [3.05, 3.63) is 95.3 Å². The fraction of sp³-hybridized carbons (Fsp3) is 0.0370. The minimum absolute atomic E-state index is 0.214. The van der Waals surface area contributed by atoms with Crippen molar-refractivity contribution in [2.45, 2.75) is 0 Å². The molecule has 0 saturated heterocycles. The lowest BCUT2D eigenvalue weighted by atomic mass is 9.97. The summed E-state index contributed by atoms with van der Waals surface area (Å²) in [6, 6.07) is 27.5. The van der Waals surface area contributed by atoms with Gasteiger partial charge in [0.05, 0.1) is 18.2 Å². The molecule has 0 amide bonds. The highest BCUT2D eigenvalue weighted by molar-refractivity contribution is 7.25. The van der Waals surface area contributed by atoms with Crippen LogP contribution in [-0.4, -0.2) is 27.3 Å². The second-order valence-corrected chi connectivity index (χ2v) is 8.73. The summed E-state index contributed by atoms with van der Waals surface area (Å²) < 4.78 is 6.03. The molecule has 3 aromatic heterocycles. The van der Waals surface area contributed by atoms with Crippen LogP contribution in [0.15, 0.2) is 89.7 Å². The van der Waals surface area contributed by atoms with Crippen LogP contribution in [-0.2, 0) is 0 Å². The summed E-state index contributed by atoms with van der Waals surface area (Å²) in [5.41, 5.74) is 4.71. The van der Waals surface area contributed by atoms with Crippen molar-refractivity contribution in [1.82, 2.24) is 20.2 Å². The summed E-state index contributed by atoms with van der Waals surface area (Å²) in [4.78, 5) is 21.7. The molecule has 0 aliphatic rings. The maximum absolute atomic E-state index is 13.2. The van der Waals surface area contributed by atoms with Crippen LogP contribution in [0.4, 0.5) is 0 Å². The molecule has 0 aliphatic carbocycles. The molecule has 3 aromatic carbocycles. The molecule has 0 unspecified atom stereocenters. The van der Waals surface area contributed by atoms with Gasteiger partial charge in [-0.2, -0.15) is 0 Å². The van der Waals surface area contributed by atoms with E-state index in [1.807, 2.05) is 84.9 Å². The zero-order valence-electron chi connectivity index (χ0n) is 18.1. The third-order valence-electron chi connectivity index (χ3n) is 5.73. The Bertz CT molecular complexity index is 1710. The van der Waals surface area contributed by atoms with Gasteiger partial charge in [-0.05, 0) is 17.7 Å². The molecule has 0 bridgehead atoms. The SMILES string of the molecule is COc1ccccc1-c1nc2c(sc3nnc(-c4ccccc4)c(-c4ccccc4)c32)c(=O)[nH]1. The number of nitrogens with one attached hydrogen (secondary N) is 1. The Kier molecular flexibility index (Phi) is 4.89. The molecule has 164 valence electrons. The number of aromatic amines is 1. The fourth-order valence-electron chi connectivity index (χ4n) is 4.19. The number of hydrogen-bond donors (Lipinski definition) is 1. The highest BCUT2D eigenvalue weighted by Crippen LogP contribution is 2.41. The number of para-hydroxylation sites is 1. The van der Waals surface area contributed by atoms with Crippen molar-refractivity contribution >= 4 is 31.8 Å². The van der Waals surface area contributed by atoms with Gasteiger partial charge in [0.25, 0.3) is 5.56 Å². The minimum Gasteiger partial charge on any atom is -0.496 e. The van der Waals surface area contributed by atoms with Crippen LogP contribution < -0.4 is 10.3 Å². The molecule has 0 atom stereocenters. The first-order valence-electron chi connectivity index (χ1n) is 10.7. The number of methoxy groups -OCH3 is 1. The third kappa shape index (κ3) is 3.25. The molecule has 0 fully saturated rings. The molecule has 3 heterocycles. The second kappa shape index (κ2) is 8.20. The van der Waals surface area contributed by atoms with Crippen molar-refractivity contribution < 1.29 is 4.74 Å². The molecule has 6 nitrogen and oxygen atoms in total. The molecule has 0 spiro atoms. The number of hydrogen-bond acceptors (Lipinski definition) is 6. The molecular weight excluding hydrogens is 444 g/mol. The smallest absolute Gasteiger partial charge is 0.269 e. The highest BCUT2D eigenvalue weighted by atomic mass is 32.1. The van der Waals surface area contributed by atoms with Crippen LogP contribution >= 0.6 is 11.3 Å². The summed E-state index contributed by atoms with van der Waals surface area (Å²) in [5.74, 6) is 1.09. The van der Waals surface area contributed by atoms with Crippen molar-refractivity contribution in [2.75, 3.05) is 7.11 Å². The molecular formula is C27H18N4O2S. The van der Waals surface area contributed by atoms with Gasteiger partial charge < -0.3 is 9.72 Å². The third-order valence-corrected chi connectivity index (χ3v) is 6.79. The van der Waals surface area contributed by atoms with E-state index >= 15 is 0 Å². The second-order valence-electron chi connectivity index (χ2n) is 7.73. The Hall–Kier alpha value is -4.36. The standard InChI is InChI=1S/C27H18N4O2S/c1-33-19-15-9-8-14-18(19)25-28-23-21-20(16-10-4-2-5-11-16)22(17-12-6-3-7-13-17)30-31-27(21)34-24(23)26(32)29-25/h2-15H,1H3,(H,28,29,32). The first-order chi connectivity index (χ1) is 16.7. The number of rotatable bonds is 4. The summed E-state index contributed by atoms with van der Waals surface area (Å²) in [6.45, 7) is 0. The maximum atomic E-state index is 13.2. The largest absolute Gasteiger partial charge is 0.496 e. The van der Waals surface area contributed by atoms with E-state index in [-0.39, 0.29) is 5.56 Å². The molecule has 6 rings (SSSR count). The summed E-state index contributed by atoms with van der Waals surface area (Å²) in [6.07, 6.45) is 0. The number of fused-ring (bicyclic) bond motifs is 3. The Morgan fingerprint density at radius 2 is 1.50 bits per heavy atom. The average Bonchev–Trinajstić information content (AvgIpc) is 3.28. The molecule has 7 heteroatoms. The first-order valence-corrected chi connectivity index (χ1v) is 11.5. The molecule has 0 aliphatic heterocycles. The summed E-state index contributed by atoms with van der Waals surface area (Å²) in [5, 5.41) is 9.92. The predicted molar refractivity (Wildman–Crippen MR) is 136 cm³/mol. The van der Waals surface area contributed by atoms with E-state index in [2.05, 4.69) is 15.2 Å². The molecule has 1 N–H and O–H groups in total. The van der Waals surface area contributed by atoms with Crippen LogP contribution in [0.3, 0.4) is 0 Å². The van der Waals surface area contributed by atoms with E-state index in [4.69, 9.17) is 9.72 Å². The van der Waals surface area contributed by atoms with Crippen LogP contribution in [0.25, 0.3) is 54.2 Å². The number of thiophene rings is 1. The van der Waals surface area contributed by atoms with E-state index in [0.717, 1.165) is 33.3 Å². The zero-order chi connectivity index (χ0) is 23.1. The minimum atomic E-state index is -0.214. The quantitative estimate of drug-likeness (QED) is 0.351. The van der Waals surface area contributed by atoms with Crippen molar-refractivity contribution in [2.24, 2.45) is 0 Å². The summed E-state index contributed by atoms with van der Waals surface area (Å²) in [7, 11) is 1.60. The van der Waals surface area contributed by atoms with Crippen molar-refractivity contribution in [3.8, 4) is 39.5 Å². The first kappa shape index (κ1) is 20.3. The van der Waals surface area contributed by atoms with E-state index in [1.54, 1.807) is 7.11 Å². The normalized spacial score (nSPS) is 11.2. The zero-order valence-corrected chi connectivity index (χ0v) is 19.0. The van der Waals surface area contributed by atoms with E-state index in [1.165, 1.54) is 11.3 Å². The lowest BCUT2D eigenvalue weighted by Crippen LogP contribution is -2.08. The van der Waals surface area contributed by atoms with Gasteiger partial charge in [-0.1, -0.05) is 72.8 Å². The van der Waals surface area contributed by atoms with Crippen molar-refractivity contribution in [3.63, 3.8) is 0 Å². The van der Waals surface area contributed by atoms with Gasteiger partial charge >= 0.3 is 0 Å². The molecule has 6 aromatic rings. The van der Waals surface area contributed by atoms with Gasteiger partial charge in [0, 0.05) is 16.5 Å². The Morgan fingerprint density at radius 1 is 0.824 bits per heavy atom. The van der Waals surface area contributed by atoms with Gasteiger partial charge in [0.15, 0.2) is 0 Å². The number of aromatic nitrogens is 4. The topological polar surface area (TPSA) is 80.8 Å². The number of H-pyrrole nitrogens is 1. The Labute approximate surface area is 198 Å². The highest BCUT2D eigenvalue weighted by Gasteiger charge is 2.22. The van der Waals surface area contributed by atoms with E-state index in [0.29, 0.717) is 26.6 Å². The number of nitrogens with zero attached hydrogens (tertiary/aromatic N) is 3. The van der Waals surface area contributed by atoms with Crippen LogP contribution in [0.1, 0.15) is 0 Å². The molecule has 0 radical (unpaired) electrons. The van der Waals surface area contributed by atoms with Gasteiger partial charge in [-0.15, -0.1) is 21.5 Å². The van der Waals surface area contributed by atoms with Gasteiger partial charge in [-0.3, -0.25) is 4.79 Å². The van der Waals surface area contributed by atoms with Gasteiger partial charge in [0.2, 0.25) is 0 Å². The maximum Gasteiger partial charge on any atom is 0.269 e. The lowest BCUT2D eigenvalue weighted by Gasteiger charge is -2.11. The molecule has 0 saturated carbocycles. The van der Waals surface area contributed by atoms with Crippen LogP contribution in [0.2, 0.25) is 0 Å². The van der Waals surface area contributed by atoms with E-state index < -0.39 is 0 Å².